The minimum absolute atomic E-state index is 0.0738. The van der Waals surface area contributed by atoms with Gasteiger partial charge in [0, 0.05) is 5.56 Å². The first-order valence-corrected chi connectivity index (χ1v) is 5.75. The van der Waals surface area contributed by atoms with E-state index >= 15 is 0 Å². The van der Waals surface area contributed by atoms with Crippen molar-refractivity contribution in [2.75, 3.05) is 5.73 Å². The Bertz CT molecular complexity index is 680. The number of hydrogen-bond acceptors (Lipinski definition) is 3. The summed E-state index contributed by atoms with van der Waals surface area (Å²) in [6.45, 7) is 3.64. The molecule has 0 aliphatic carbocycles. The molecule has 0 amide bonds. The first-order valence-electron chi connectivity index (χ1n) is 5.75. The van der Waals surface area contributed by atoms with E-state index < -0.39 is 11.6 Å². The zero-order chi connectivity index (χ0) is 14.2. The fraction of sp³-hybridized carbons (Fsp3) is 0.231. The molecule has 0 fully saturated rings. The molecular formula is C13H13F2N3O. The highest BCUT2D eigenvalue weighted by Gasteiger charge is 2.14. The van der Waals surface area contributed by atoms with Crippen molar-refractivity contribution in [2.45, 2.75) is 19.8 Å². The van der Waals surface area contributed by atoms with Crippen molar-refractivity contribution in [3.63, 3.8) is 0 Å². The van der Waals surface area contributed by atoms with Gasteiger partial charge in [-0.15, -0.1) is 0 Å². The van der Waals surface area contributed by atoms with Gasteiger partial charge in [-0.3, -0.25) is 4.79 Å². The number of aromatic amines is 1. The zero-order valence-corrected chi connectivity index (χ0v) is 10.5. The average molecular weight is 265 g/mol. The lowest BCUT2D eigenvalue weighted by molar-refractivity contribution is 0.509. The number of anilines is 1. The van der Waals surface area contributed by atoms with Crippen LogP contribution in [-0.4, -0.2) is 9.97 Å². The van der Waals surface area contributed by atoms with Crippen molar-refractivity contribution in [3.05, 3.63) is 45.8 Å². The Morgan fingerprint density at radius 3 is 2.47 bits per heavy atom. The summed E-state index contributed by atoms with van der Waals surface area (Å²) in [5.41, 5.74) is 6.00. The first-order chi connectivity index (χ1) is 8.90. The van der Waals surface area contributed by atoms with Crippen LogP contribution >= 0.6 is 0 Å². The van der Waals surface area contributed by atoms with Crippen molar-refractivity contribution >= 4 is 5.82 Å². The summed E-state index contributed by atoms with van der Waals surface area (Å²) in [4.78, 5) is 18.4. The normalized spacial score (nSPS) is 11.0. The van der Waals surface area contributed by atoms with Gasteiger partial charge in [0.05, 0.1) is 5.56 Å². The largest absolute Gasteiger partial charge is 0.383 e. The molecule has 0 aliphatic rings. The summed E-state index contributed by atoms with van der Waals surface area (Å²) < 4.78 is 26.0. The van der Waals surface area contributed by atoms with Gasteiger partial charge in [0.2, 0.25) is 0 Å². The molecule has 4 nitrogen and oxygen atoms in total. The monoisotopic (exact) mass is 265 g/mol. The molecule has 1 aromatic heterocycles. The Balaban J connectivity index is 2.58. The summed E-state index contributed by atoms with van der Waals surface area (Å²) in [5.74, 6) is -1.83. The van der Waals surface area contributed by atoms with Crippen LogP contribution in [0.5, 0.6) is 0 Å². The molecule has 0 bridgehead atoms. The lowest BCUT2D eigenvalue weighted by atomic mass is 10.1. The number of H-pyrrole nitrogens is 1. The Morgan fingerprint density at radius 2 is 1.95 bits per heavy atom. The molecule has 19 heavy (non-hydrogen) atoms. The molecule has 0 radical (unpaired) electrons. The number of halogens is 2. The standard InChI is InChI=1S/C13H13F2N3O/c1-6(2)10-11(16)17-12(18-13(10)19)7-3-4-8(14)9(15)5-7/h3-6H,1-2H3,(H3,16,17,18,19). The third-order valence-electron chi connectivity index (χ3n) is 2.76. The summed E-state index contributed by atoms with van der Waals surface area (Å²) in [5, 5.41) is 0. The molecule has 3 N–H and O–H groups in total. The minimum atomic E-state index is -1.01. The van der Waals surface area contributed by atoms with Gasteiger partial charge in [0.15, 0.2) is 11.6 Å². The lowest BCUT2D eigenvalue weighted by Crippen LogP contribution is -2.19. The van der Waals surface area contributed by atoms with Crippen LogP contribution in [0.3, 0.4) is 0 Å². The molecule has 0 spiro atoms. The Morgan fingerprint density at radius 1 is 1.26 bits per heavy atom. The van der Waals surface area contributed by atoms with Crippen molar-refractivity contribution in [3.8, 4) is 11.4 Å². The first kappa shape index (κ1) is 13.2. The number of nitrogens with two attached hydrogens (primary N) is 1. The lowest BCUT2D eigenvalue weighted by Gasteiger charge is -2.09. The molecule has 0 saturated heterocycles. The van der Waals surface area contributed by atoms with E-state index in [0.717, 1.165) is 12.1 Å². The molecule has 1 heterocycles. The van der Waals surface area contributed by atoms with E-state index in [2.05, 4.69) is 9.97 Å². The van der Waals surface area contributed by atoms with Crippen LogP contribution in [0, 0.1) is 11.6 Å². The second-order valence-corrected chi connectivity index (χ2v) is 4.50. The summed E-state index contributed by atoms with van der Waals surface area (Å²) >= 11 is 0. The summed E-state index contributed by atoms with van der Waals surface area (Å²) in [6.07, 6.45) is 0. The Kier molecular flexibility index (Phi) is 3.33. The number of aromatic nitrogens is 2. The number of nitrogen functional groups attached to an aromatic ring is 1. The van der Waals surface area contributed by atoms with Gasteiger partial charge < -0.3 is 10.7 Å². The molecule has 100 valence electrons. The van der Waals surface area contributed by atoms with Crippen molar-refractivity contribution in [2.24, 2.45) is 0 Å². The van der Waals surface area contributed by atoms with E-state index in [9.17, 15) is 13.6 Å². The van der Waals surface area contributed by atoms with Gasteiger partial charge in [0.1, 0.15) is 11.6 Å². The predicted molar refractivity (Wildman–Crippen MR) is 68.7 cm³/mol. The van der Waals surface area contributed by atoms with Crippen LogP contribution < -0.4 is 11.3 Å². The molecule has 0 saturated carbocycles. The van der Waals surface area contributed by atoms with Gasteiger partial charge in [-0.05, 0) is 24.1 Å². The van der Waals surface area contributed by atoms with Crippen molar-refractivity contribution < 1.29 is 8.78 Å². The molecule has 1 aromatic carbocycles. The SMILES string of the molecule is CC(C)c1c(N)nc(-c2ccc(F)c(F)c2)[nH]c1=O. The van der Waals surface area contributed by atoms with Crippen LogP contribution in [0.2, 0.25) is 0 Å². The van der Waals surface area contributed by atoms with Gasteiger partial charge in [-0.1, -0.05) is 13.8 Å². The van der Waals surface area contributed by atoms with Crippen LogP contribution in [0.15, 0.2) is 23.0 Å². The fourth-order valence-electron chi connectivity index (χ4n) is 1.84. The number of nitrogens with zero attached hydrogens (tertiary/aromatic N) is 1. The fourth-order valence-corrected chi connectivity index (χ4v) is 1.84. The maximum atomic E-state index is 13.1. The third kappa shape index (κ3) is 2.47. The van der Waals surface area contributed by atoms with Crippen LogP contribution in [-0.2, 0) is 0 Å². The van der Waals surface area contributed by atoms with E-state index in [0.29, 0.717) is 5.56 Å². The van der Waals surface area contributed by atoms with E-state index in [1.54, 1.807) is 0 Å². The molecule has 6 heteroatoms. The quantitative estimate of drug-likeness (QED) is 0.875. The van der Waals surface area contributed by atoms with Gasteiger partial charge in [-0.2, -0.15) is 0 Å². The van der Waals surface area contributed by atoms with Crippen LogP contribution in [0.1, 0.15) is 25.3 Å². The number of hydrogen-bond donors (Lipinski definition) is 2. The smallest absolute Gasteiger partial charge is 0.256 e. The predicted octanol–water partition coefficient (Wildman–Crippen LogP) is 2.42. The maximum absolute atomic E-state index is 13.1. The van der Waals surface area contributed by atoms with E-state index in [-0.39, 0.29) is 28.7 Å². The molecule has 0 aliphatic heterocycles. The topological polar surface area (TPSA) is 71.8 Å². The second-order valence-electron chi connectivity index (χ2n) is 4.50. The van der Waals surface area contributed by atoms with Crippen molar-refractivity contribution in [1.82, 2.24) is 9.97 Å². The number of benzene rings is 1. The highest BCUT2D eigenvalue weighted by atomic mass is 19.2. The third-order valence-corrected chi connectivity index (χ3v) is 2.76. The maximum Gasteiger partial charge on any atom is 0.256 e. The van der Waals surface area contributed by atoms with Crippen LogP contribution in [0.4, 0.5) is 14.6 Å². The minimum Gasteiger partial charge on any atom is -0.383 e. The van der Waals surface area contributed by atoms with Gasteiger partial charge in [-0.25, -0.2) is 13.8 Å². The van der Waals surface area contributed by atoms with E-state index in [4.69, 9.17) is 5.73 Å². The van der Waals surface area contributed by atoms with Crippen molar-refractivity contribution in [1.29, 1.82) is 0 Å². The van der Waals surface area contributed by atoms with Crippen LogP contribution in [0.25, 0.3) is 11.4 Å². The molecule has 0 unspecified atom stereocenters. The van der Waals surface area contributed by atoms with E-state index in [1.165, 1.54) is 6.07 Å². The molecular weight excluding hydrogens is 252 g/mol. The molecule has 0 atom stereocenters. The number of nitrogens with one attached hydrogen (secondary N) is 1. The van der Waals surface area contributed by atoms with Gasteiger partial charge >= 0.3 is 0 Å². The second kappa shape index (κ2) is 4.79. The average Bonchev–Trinajstić information content (AvgIpc) is 2.31. The summed E-state index contributed by atoms with van der Waals surface area (Å²) in [7, 11) is 0. The Hall–Kier alpha value is -2.24. The highest BCUT2D eigenvalue weighted by molar-refractivity contribution is 5.57. The Labute approximate surface area is 108 Å². The van der Waals surface area contributed by atoms with E-state index in [1.807, 2.05) is 13.8 Å². The molecule has 2 aromatic rings. The highest BCUT2D eigenvalue weighted by Crippen LogP contribution is 2.21. The number of rotatable bonds is 2. The summed E-state index contributed by atoms with van der Waals surface area (Å²) in [6, 6.07) is 3.25. The molecule has 2 rings (SSSR count). The van der Waals surface area contributed by atoms with Gasteiger partial charge in [0.25, 0.3) is 5.56 Å². The zero-order valence-electron chi connectivity index (χ0n) is 10.5.